The van der Waals surface area contributed by atoms with E-state index in [1.807, 2.05) is 0 Å². The third kappa shape index (κ3) is 3.84. The van der Waals surface area contributed by atoms with E-state index in [0.717, 1.165) is 11.8 Å². The normalized spacial score (nSPS) is 10.1. The molecule has 0 fully saturated rings. The van der Waals surface area contributed by atoms with Crippen LogP contribution in [0.15, 0.2) is 42.5 Å². The van der Waals surface area contributed by atoms with Gasteiger partial charge < -0.3 is 11.1 Å². The number of nitrogens with two attached hydrogens (primary N) is 1. The Bertz CT molecular complexity index is 804. The van der Waals surface area contributed by atoms with Crippen LogP contribution in [-0.4, -0.2) is 17.7 Å². The number of amides is 3. The lowest BCUT2D eigenvalue weighted by Gasteiger charge is -2.19. The number of anilines is 3. The monoisotopic (exact) mass is 365 g/mol. The molecular formula is C16H13Cl2N3O3. The molecule has 0 saturated heterocycles. The van der Waals surface area contributed by atoms with Gasteiger partial charge in [-0.15, -0.1) is 0 Å². The largest absolute Gasteiger partial charge is 0.399 e. The summed E-state index contributed by atoms with van der Waals surface area (Å²) in [7, 11) is 0. The fourth-order valence-corrected chi connectivity index (χ4v) is 2.48. The second-order valence-corrected chi connectivity index (χ2v) is 5.62. The van der Waals surface area contributed by atoms with Gasteiger partial charge in [0.1, 0.15) is 0 Å². The number of rotatable bonds is 2. The maximum atomic E-state index is 12.4. The predicted molar refractivity (Wildman–Crippen MR) is 94.1 cm³/mol. The second-order valence-electron chi connectivity index (χ2n) is 4.81. The number of imide groups is 1. The Hall–Kier alpha value is -2.57. The van der Waals surface area contributed by atoms with E-state index < -0.39 is 17.7 Å². The summed E-state index contributed by atoms with van der Waals surface area (Å²) in [5, 5.41) is 2.66. The first-order chi connectivity index (χ1) is 11.3. The van der Waals surface area contributed by atoms with Crippen molar-refractivity contribution in [1.82, 2.24) is 0 Å². The van der Waals surface area contributed by atoms with Gasteiger partial charge in [-0.2, -0.15) is 0 Å². The maximum absolute atomic E-state index is 12.4. The molecule has 0 heterocycles. The Labute approximate surface area is 148 Å². The van der Waals surface area contributed by atoms with Gasteiger partial charge in [0.2, 0.25) is 5.91 Å². The van der Waals surface area contributed by atoms with E-state index in [-0.39, 0.29) is 21.4 Å². The number of nitrogen functional groups attached to an aromatic ring is 1. The molecule has 6 nitrogen and oxygen atoms in total. The first kappa shape index (κ1) is 17.8. The minimum atomic E-state index is -1.08. The van der Waals surface area contributed by atoms with Crippen LogP contribution in [0.4, 0.5) is 17.1 Å². The van der Waals surface area contributed by atoms with Crippen LogP contribution in [0.1, 0.15) is 6.92 Å². The van der Waals surface area contributed by atoms with Crippen molar-refractivity contribution in [3.8, 4) is 0 Å². The molecule has 0 aromatic heterocycles. The molecule has 24 heavy (non-hydrogen) atoms. The Morgan fingerprint density at radius 3 is 2.17 bits per heavy atom. The predicted octanol–water partition coefficient (Wildman–Crippen LogP) is 3.09. The Kier molecular flexibility index (Phi) is 5.43. The van der Waals surface area contributed by atoms with Gasteiger partial charge in [-0.05, 0) is 30.3 Å². The van der Waals surface area contributed by atoms with E-state index in [9.17, 15) is 14.4 Å². The van der Waals surface area contributed by atoms with Crippen molar-refractivity contribution in [2.24, 2.45) is 0 Å². The molecule has 0 atom stereocenters. The van der Waals surface area contributed by atoms with Crippen molar-refractivity contribution < 1.29 is 14.4 Å². The van der Waals surface area contributed by atoms with Crippen molar-refractivity contribution in [1.29, 1.82) is 0 Å². The van der Waals surface area contributed by atoms with Gasteiger partial charge in [-0.3, -0.25) is 14.4 Å². The minimum absolute atomic E-state index is 0.0928. The van der Waals surface area contributed by atoms with Crippen LogP contribution in [0.5, 0.6) is 0 Å². The summed E-state index contributed by atoms with van der Waals surface area (Å²) in [6.07, 6.45) is 0. The summed E-state index contributed by atoms with van der Waals surface area (Å²) in [5.41, 5.74) is 6.28. The third-order valence-corrected chi connectivity index (χ3v) is 3.67. The minimum Gasteiger partial charge on any atom is -0.399 e. The molecule has 0 saturated carbocycles. The van der Waals surface area contributed by atoms with Crippen LogP contribution in [0.3, 0.4) is 0 Å². The summed E-state index contributed by atoms with van der Waals surface area (Å²) in [5.74, 6) is -2.77. The highest BCUT2D eigenvalue weighted by Crippen LogP contribution is 2.30. The van der Waals surface area contributed by atoms with Crippen molar-refractivity contribution in [3.05, 3.63) is 52.5 Å². The van der Waals surface area contributed by atoms with Crippen LogP contribution in [0, 0.1) is 0 Å². The first-order valence-corrected chi connectivity index (χ1v) is 7.52. The van der Waals surface area contributed by atoms with Crippen molar-refractivity contribution in [3.63, 3.8) is 0 Å². The average molecular weight is 366 g/mol. The quantitative estimate of drug-likeness (QED) is 0.631. The third-order valence-electron chi connectivity index (χ3n) is 3.04. The molecule has 0 unspecified atom stereocenters. The lowest BCUT2D eigenvalue weighted by molar-refractivity contribution is -0.136. The molecule has 0 bridgehead atoms. The summed E-state index contributed by atoms with van der Waals surface area (Å²) in [6.45, 7) is 1.16. The Morgan fingerprint density at radius 2 is 1.62 bits per heavy atom. The fourth-order valence-electron chi connectivity index (χ4n) is 1.99. The molecule has 3 amide bonds. The van der Waals surface area contributed by atoms with Gasteiger partial charge >= 0.3 is 11.8 Å². The molecular weight excluding hydrogens is 353 g/mol. The molecule has 2 aromatic carbocycles. The second kappa shape index (κ2) is 7.33. The van der Waals surface area contributed by atoms with E-state index in [1.54, 1.807) is 18.2 Å². The first-order valence-electron chi connectivity index (χ1n) is 6.77. The molecule has 0 spiro atoms. The fraction of sp³-hybridized carbons (Fsp3) is 0.0625. The molecule has 3 N–H and O–H groups in total. The van der Waals surface area contributed by atoms with Gasteiger partial charge in [-0.1, -0.05) is 35.3 Å². The number of carbonyl (C=O) groups excluding carboxylic acids is 3. The molecule has 0 aliphatic heterocycles. The van der Waals surface area contributed by atoms with E-state index in [1.165, 1.54) is 24.3 Å². The Morgan fingerprint density at radius 1 is 1.04 bits per heavy atom. The highest BCUT2D eigenvalue weighted by atomic mass is 35.5. The zero-order valence-corrected chi connectivity index (χ0v) is 14.1. The average Bonchev–Trinajstić information content (AvgIpc) is 2.50. The zero-order valence-electron chi connectivity index (χ0n) is 12.5. The molecule has 0 radical (unpaired) electrons. The van der Waals surface area contributed by atoms with E-state index in [2.05, 4.69) is 5.32 Å². The van der Waals surface area contributed by atoms with Crippen LogP contribution in [0.2, 0.25) is 10.0 Å². The number of hydrogen-bond acceptors (Lipinski definition) is 4. The molecule has 0 aliphatic rings. The summed E-state index contributed by atoms with van der Waals surface area (Å²) < 4.78 is 0. The summed E-state index contributed by atoms with van der Waals surface area (Å²) >= 11 is 11.9. The van der Waals surface area contributed by atoms with Gasteiger partial charge in [0.05, 0.1) is 21.4 Å². The van der Waals surface area contributed by atoms with Crippen molar-refractivity contribution in [2.75, 3.05) is 16.0 Å². The van der Waals surface area contributed by atoms with Crippen LogP contribution < -0.4 is 16.0 Å². The topological polar surface area (TPSA) is 92.5 Å². The standard InChI is InChI=1S/C16H13Cl2N3O3/c1-9(22)21(11-5-2-4-10(19)8-11)16(24)15(23)20-14-12(17)6-3-7-13(14)18/h2-8H,19H2,1H3,(H,20,23). The van der Waals surface area contributed by atoms with Crippen LogP contribution in [-0.2, 0) is 14.4 Å². The van der Waals surface area contributed by atoms with Crippen LogP contribution >= 0.6 is 23.2 Å². The number of halogens is 2. The van der Waals surface area contributed by atoms with Gasteiger partial charge in [0.25, 0.3) is 0 Å². The zero-order chi connectivity index (χ0) is 17.9. The molecule has 2 rings (SSSR count). The highest BCUT2D eigenvalue weighted by Gasteiger charge is 2.27. The number of para-hydroxylation sites is 1. The van der Waals surface area contributed by atoms with Gasteiger partial charge in [0, 0.05) is 12.6 Å². The lowest BCUT2D eigenvalue weighted by atomic mass is 10.2. The van der Waals surface area contributed by atoms with E-state index in [4.69, 9.17) is 28.9 Å². The maximum Gasteiger partial charge on any atom is 0.323 e. The SMILES string of the molecule is CC(=O)N(C(=O)C(=O)Nc1c(Cl)cccc1Cl)c1cccc(N)c1. The summed E-state index contributed by atoms with van der Waals surface area (Å²) in [6, 6.07) is 10.7. The number of carbonyl (C=O) groups is 3. The van der Waals surface area contributed by atoms with Gasteiger partial charge in [-0.25, -0.2) is 4.90 Å². The van der Waals surface area contributed by atoms with Crippen molar-refractivity contribution >= 4 is 58.0 Å². The van der Waals surface area contributed by atoms with E-state index in [0.29, 0.717) is 5.69 Å². The number of nitrogens with one attached hydrogen (secondary N) is 1. The molecule has 124 valence electrons. The number of nitrogens with zero attached hydrogens (tertiary/aromatic N) is 1. The van der Waals surface area contributed by atoms with Gasteiger partial charge in [0.15, 0.2) is 0 Å². The smallest absolute Gasteiger partial charge is 0.323 e. The molecule has 2 aromatic rings. The summed E-state index contributed by atoms with van der Waals surface area (Å²) in [4.78, 5) is 37.1. The van der Waals surface area contributed by atoms with Crippen molar-refractivity contribution in [2.45, 2.75) is 6.92 Å². The number of benzene rings is 2. The van der Waals surface area contributed by atoms with E-state index >= 15 is 0 Å². The Balaban J connectivity index is 2.30. The molecule has 0 aliphatic carbocycles. The highest BCUT2D eigenvalue weighted by molar-refractivity contribution is 6.50. The lowest BCUT2D eigenvalue weighted by Crippen LogP contribution is -2.42. The van der Waals surface area contributed by atoms with Crippen LogP contribution in [0.25, 0.3) is 0 Å². The molecule has 8 heteroatoms. The number of hydrogen-bond donors (Lipinski definition) is 2.